The highest BCUT2D eigenvalue weighted by Crippen LogP contribution is 2.36. The Morgan fingerprint density at radius 1 is 1.10 bits per heavy atom. The van der Waals surface area contributed by atoms with Gasteiger partial charge in [0.15, 0.2) is 17.3 Å². The molecule has 0 saturated heterocycles. The third-order valence-electron chi connectivity index (χ3n) is 4.43. The van der Waals surface area contributed by atoms with Gasteiger partial charge in [0.2, 0.25) is 0 Å². The fraction of sp³-hybridized carbons (Fsp3) is 0.545. The van der Waals surface area contributed by atoms with Gasteiger partial charge in [0.1, 0.15) is 5.78 Å². The Morgan fingerprint density at radius 3 is 2.28 bits per heavy atom. The lowest BCUT2D eigenvalue weighted by Crippen LogP contribution is -2.06. The number of fused-ring (bicyclic) bond motifs is 1. The van der Waals surface area contributed by atoms with Crippen LogP contribution in [0.25, 0.3) is 10.1 Å². The number of benzene rings is 1. The zero-order chi connectivity index (χ0) is 21.8. The summed E-state index contributed by atoms with van der Waals surface area (Å²) in [5.41, 5.74) is 5.27. The molecule has 1 heterocycles. The van der Waals surface area contributed by atoms with Crippen LogP contribution in [0, 0.1) is 5.92 Å². The largest absolute Gasteiger partial charge is 0.493 e. The summed E-state index contributed by atoms with van der Waals surface area (Å²) >= 11 is 5.52. The lowest BCUT2D eigenvalue weighted by molar-refractivity contribution is -0.119. The summed E-state index contributed by atoms with van der Waals surface area (Å²) in [4.78, 5) is 24.4. The summed E-state index contributed by atoms with van der Waals surface area (Å²) in [5, 5.41) is 0.950. The van der Waals surface area contributed by atoms with Crippen molar-refractivity contribution in [2.75, 3.05) is 26.5 Å². The summed E-state index contributed by atoms with van der Waals surface area (Å²) in [6.45, 7) is 4.91. The lowest BCUT2D eigenvalue weighted by Gasteiger charge is -2.06. The minimum atomic E-state index is 0.0172. The molecule has 0 radical (unpaired) electrons. The minimum Gasteiger partial charge on any atom is -0.493 e. The molecular formula is C22H33NO4S2. The molecular weight excluding hydrogens is 406 g/mol. The normalized spacial score (nSPS) is 11.5. The number of ketones is 2. The molecule has 0 fully saturated rings. The van der Waals surface area contributed by atoms with Crippen molar-refractivity contribution in [3.05, 3.63) is 23.1 Å². The van der Waals surface area contributed by atoms with E-state index in [0.717, 1.165) is 35.2 Å². The highest BCUT2D eigenvalue weighted by Gasteiger charge is 2.14. The van der Waals surface area contributed by atoms with E-state index in [-0.39, 0.29) is 18.0 Å². The van der Waals surface area contributed by atoms with Crippen LogP contribution in [0.5, 0.6) is 11.5 Å². The maximum Gasteiger partial charge on any atom is 0.173 e. The molecule has 0 aliphatic heterocycles. The molecule has 0 spiro atoms. The average Bonchev–Trinajstić information content (AvgIpc) is 3.14. The SMILES string of the molecule is CC(CS)CCN.CCCC(=O)CCC(=O)c1cc2cc(OC)c(OC)cc2s1. The van der Waals surface area contributed by atoms with Gasteiger partial charge in [0.25, 0.3) is 0 Å². The van der Waals surface area contributed by atoms with E-state index in [1.807, 2.05) is 25.1 Å². The number of carbonyl (C=O) groups excluding carboxylic acids is 2. The van der Waals surface area contributed by atoms with Gasteiger partial charge < -0.3 is 15.2 Å². The van der Waals surface area contributed by atoms with Crippen LogP contribution in [0.15, 0.2) is 18.2 Å². The van der Waals surface area contributed by atoms with Crippen molar-refractivity contribution >= 4 is 45.6 Å². The van der Waals surface area contributed by atoms with Gasteiger partial charge in [-0.1, -0.05) is 13.8 Å². The van der Waals surface area contributed by atoms with E-state index in [1.54, 1.807) is 14.2 Å². The molecule has 1 aromatic carbocycles. The zero-order valence-corrected chi connectivity index (χ0v) is 19.5. The van der Waals surface area contributed by atoms with E-state index in [1.165, 1.54) is 11.3 Å². The van der Waals surface area contributed by atoms with Gasteiger partial charge >= 0.3 is 0 Å². The van der Waals surface area contributed by atoms with E-state index >= 15 is 0 Å². The quantitative estimate of drug-likeness (QED) is 0.374. The molecule has 2 rings (SSSR count). The van der Waals surface area contributed by atoms with E-state index in [4.69, 9.17) is 15.2 Å². The number of carbonyl (C=O) groups is 2. The van der Waals surface area contributed by atoms with E-state index in [0.29, 0.717) is 35.1 Å². The molecule has 1 unspecified atom stereocenters. The summed E-state index contributed by atoms with van der Waals surface area (Å²) in [7, 11) is 3.17. The maximum absolute atomic E-state index is 12.2. The van der Waals surface area contributed by atoms with Gasteiger partial charge in [-0.2, -0.15) is 12.6 Å². The Bertz CT molecular complexity index is 747. The fourth-order valence-electron chi connectivity index (χ4n) is 2.66. The maximum atomic E-state index is 12.2. The molecule has 1 atom stereocenters. The van der Waals surface area contributed by atoms with Crippen molar-refractivity contribution in [2.24, 2.45) is 11.7 Å². The topological polar surface area (TPSA) is 78.6 Å². The molecule has 2 N–H and O–H groups in total. The van der Waals surface area contributed by atoms with Crippen LogP contribution < -0.4 is 15.2 Å². The number of Topliss-reactive ketones (excluding diaryl/α,β-unsaturated/α-hetero) is 2. The Morgan fingerprint density at radius 2 is 1.76 bits per heavy atom. The molecule has 0 amide bonds. The van der Waals surface area contributed by atoms with Crippen LogP contribution in [0.4, 0.5) is 0 Å². The Labute approximate surface area is 183 Å². The summed E-state index contributed by atoms with van der Waals surface area (Å²) in [6, 6.07) is 5.59. The molecule has 0 saturated carbocycles. The summed E-state index contributed by atoms with van der Waals surface area (Å²) < 4.78 is 11.5. The van der Waals surface area contributed by atoms with Crippen LogP contribution >= 0.6 is 24.0 Å². The zero-order valence-electron chi connectivity index (χ0n) is 17.8. The van der Waals surface area contributed by atoms with Crippen molar-refractivity contribution < 1.29 is 19.1 Å². The molecule has 7 heteroatoms. The summed E-state index contributed by atoms with van der Waals surface area (Å²) in [5.74, 6) is 3.10. The molecule has 162 valence electrons. The summed E-state index contributed by atoms with van der Waals surface area (Å²) in [6.07, 6.45) is 3.08. The van der Waals surface area contributed by atoms with Gasteiger partial charge in [-0.3, -0.25) is 9.59 Å². The van der Waals surface area contributed by atoms with E-state index in [9.17, 15) is 9.59 Å². The molecule has 5 nitrogen and oxygen atoms in total. The van der Waals surface area contributed by atoms with Crippen LogP contribution in [0.3, 0.4) is 0 Å². The van der Waals surface area contributed by atoms with Crippen LogP contribution in [0.1, 0.15) is 55.6 Å². The molecule has 0 aliphatic rings. The van der Waals surface area contributed by atoms with Crippen LogP contribution in [-0.4, -0.2) is 38.1 Å². The predicted octanol–water partition coefficient (Wildman–Crippen LogP) is 5.15. The van der Waals surface area contributed by atoms with Crippen LogP contribution in [-0.2, 0) is 4.79 Å². The number of methoxy groups -OCH3 is 2. The molecule has 0 bridgehead atoms. The first-order valence-electron chi connectivity index (χ1n) is 9.91. The first-order valence-corrected chi connectivity index (χ1v) is 11.4. The first-order chi connectivity index (χ1) is 13.9. The molecule has 2 aromatic rings. The van der Waals surface area contributed by atoms with Crippen molar-refractivity contribution in [1.29, 1.82) is 0 Å². The second-order valence-corrected chi connectivity index (χ2v) is 8.38. The van der Waals surface area contributed by atoms with E-state index in [2.05, 4.69) is 19.6 Å². The number of rotatable bonds is 11. The van der Waals surface area contributed by atoms with Gasteiger partial charge in [-0.15, -0.1) is 11.3 Å². The van der Waals surface area contributed by atoms with Crippen molar-refractivity contribution in [1.82, 2.24) is 0 Å². The second kappa shape index (κ2) is 13.6. The molecule has 1 aromatic heterocycles. The van der Waals surface area contributed by atoms with Gasteiger partial charge in [0.05, 0.1) is 19.1 Å². The third kappa shape index (κ3) is 8.36. The van der Waals surface area contributed by atoms with Gasteiger partial charge in [-0.25, -0.2) is 0 Å². The number of nitrogens with two attached hydrogens (primary N) is 1. The van der Waals surface area contributed by atoms with Crippen molar-refractivity contribution in [3.63, 3.8) is 0 Å². The van der Waals surface area contributed by atoms with Crippen LogP contribution in [0.2, 0.25) is 0 Å². The Hall–Kier alpha value is -1.57. The number of ether oxygens (including phenoxy) is 2. The smallest absolute Gasteiger partial charge is 0.173 e. The number of hydrogen-bond donors (Lipinski definition) is 2. The second-order valence-electron chi connectivity index (χ2n) is 6.93. The Kier molecular flexibility index (Phi) is 12.0. The highest BCUT2D eigenvalue weighted by atomic mass is 32.1. The standard InChI is InChI=1S/C17H20O4S.C5H13NS/c1-4-5-12(18)6-7-13(19)17-9-11-8-14(20-2)15(21-3)10-16(11)22-17;1-5(4-7)2-3-6/h8-10H,4-7H2,1-3H3;5,7H,2-4,6H2,1H3. The highest BCUT2D eigenvalue weighted by molar-refractivity contribution is 7.80. The molecule has 0 aliphatic carbocycles. The fourth-order valence-corrected chi connectivity index (χ4v) is 3.88. The predicted molar refractivity (Wildman–Crippen MR) is 125 cm³/mol. The molecule has 29 heavy (non-hydrogen) atoms. The minimum absolute atomic E-state index is 0.0172. The van der Waals surface area contributed by atoms with E-state index < -0.39 is 0 Å². The number of hydrogen-bond acceptors (Lipinski definition) is 7. The number of thiol groups is 1. The monoisotopic (exact) mass is 439 g/mol. The average molecular weight is 440 g/mol. The van der Waals surface area contributed by atoms with Gasteiger partial charge in [0, 0.05) is 30.0 Å². The number of thiophene rings is 1. The van der Waals surface area contributed by atoms with Gasteiger partial charge in [-0.05, 0) is 48.6 Å². The van der Waals surface area contributed by atoms with Crippen molar-refractivity contribution in [2.45, 2.75) is 46.0 Å². The van der Waals surface area contributed by atoms with Crippen molar-refractivity contribution in [3.8, 4) is 11.5 Å². The first kappa shape index (κ1) is 25.5. The lowest BCUT2D eigenvalue weighted by atomic mass is 10.1. The third-order valence-corrected chi connectivity index (χ3v) is 6.19. The Balaban J connectivity index is 0.000000516.